The third-order valence-corrected chi connectivity index (χ3v) is 3.87. The van der Waals surface area contributed by atoms with Gasteiger partial charge in [0.05, 0.1) is 0 Å². The standard InChI is InChI=1S/C18H24O2/c1-2-3-4-5-6-7-8-17-16-11-10-15(19)13-14(16)9-12-18(17)20/h9-13,19-20H,2-8H2,1H3. The molecule has 0 heterocycles. The van der Waals surface area contributed by atoms with Crippen LogP contribution < -0.4 is 0 Å². The van der Waals surface area contributed by atoms with Crippen LogP contribution >= 0.6 is 0 Å². The topological polar surface area (TPSA) is 40.5 Å². The Morgan fingerprint density at radius 3 is 2.40 bits per heavy atom. The van der Waals surface area contributed by atoms with Crippen LogP contribution in [0.5, 0.6) is 11.5 Å². The highest BCUT2D eigenvalue weighted by Crippen LogP contribution is 2.30. The van der Waals surface area contributed by atoms with Crippen LogP contribution in [0.25, 0.3) is 10.8 Å². The van der Waals surface area contributed by atoms with Gasteiger partial charge in [-0.25, -0.2) is 0 Å². The Hall–Kier alpha value is -1.70. The molecule has 20 heavy (non-hydrogen) atoms. The average molecular weight is 272 g/mol. The largest absolute Gasteiger partial charge is 0.508 e. The zero-order valence-electron chi connectivity index (χ0n) is 12.2. The van der Waals surface area contributed by atoms with Gasteiger partial charge in [-0.3, -0.25) is 0 Å². The summed E-state index contributed by atoms with van der Waals surface area (Å²) in [6.07, 6.45) is 8.41. The number of rotatable bonds is 7. The van der Waals surface area contributed by atoms with Crippen LogP contribution in [0, 0.1) is 0 Å². The van der Waals surface area contributed by atoms with Crippen molar-refractivity contribution in [3.05, 3.63) is 35.9 Å². The molecular formula is C18H24O2. The Labute approximate surface area is 121 Å². The summed E-state index contributed by atoms with van der Waals surface area (Å²) in [5, 5.41) is 21.6. The maximum atomic E-state index is 10.1. The SMILES string of the molecule is CCCCCCCCc1c(O)ccc2cc(O)ccc12. The minimum absolute atomic E-state index is 0.272. The second-order valence-corrected chi connectivity index (χ2v) is 5.49. The zero-order chi connectivity index (χ0) is 14.4. The van der Waals surface area contributed by atoms with Gasteiger partial charge in [-0.2, -0.15) is 0 Å². The third kappa shape index (κ3) is 3.66. The first-order chi connectivity index (χ1) is 9.72. The van der Waals surface area contributed by atoms with E-state index in [1.807, 2.05) is 12.1 Å². The van der Waals surface area contributed by atoms with Gasteiger partial charge in [0.25, 0.3) is 0 Å². The molecule has 0 unspecified atom stereocenters. The van der Waals surface area contributed by atoms with E-state index < -0.39 is 0 Å². The smallest absolute Gasteiger partial charge is 0.119 e. The average Bonchev–Trinajstić information content (AvgIpc) is 2.44. The quantitative estimate of drug-likeness (QED) is 0.684. The van der Waals surface area contributed by atoms with E-state index in [1.54, 1.807) is 18.2 Å². The predicted molar refractivity (Wildman–Crippen MR) is 84.4 cm³/mol. The van der Waals surface area contributed by atoms with Crippen molar-refractivity contribution >= 4 is 10.8 Å². The summed E-state index contributed by atoms with van der Waals surface area (Å²) >= 11 is 0. The molecule has 2 aromatic rings. The molecule has 0 radical (unpaired) electrons. The van der Waals surface area contributed by atoms with E-state index in [2.05, 4.69) is 6.92 Å². The summed E-state index contributed by atoms with van der Waals surface area (Å²) in [5.74, 6) is 0.644. The number of unbranched alkanes of at least 4 members (excludes halogenated alkanes) is 5. The van der Waals surface area contributed by atoms with Gasteiger partial charge in [-0.1, -0.05) is 51.2 Å². The van der Waals surface area contributed by atoms with E-state index in [0.717, 1.165) is 29.2 Å². The molecule has 2 heteroatoms. The molecule has 0 aromatic heterocycles. The molecule has 0 aliphatic carbocycles. The monoisotopic (exact) mass is 272 g/mol. The zero-order valence-corrected chi connectivity index (χ0v) is 12.2. The minimum atomic E-state index is 0.272. The van der Waals surface area contributed by atoms with Crippen molar-refractivity contribution < 1.29 is 10.2 Å². The first-order valence-corrected chi connectivity index (χ1v) is 7.66. The van der Waals surface area contributed by atoms with Gasteiger partial charge in [0.2, 0.25) is 0 Å². The Bertz CT molecular complexity index is 561. The maximum absolute atomic E-state index is 10.1. The number of hydrogen-bond donors (Lipinski definition) is 2. The van der Waals surface area contributed by atoms with Crippen molar-refractivity contribution in [2.24, 2.45) is 0 Å². The van der Waals surface area contributed by atoms with Gasteiger partial charge in [-0.05, 0) is 41.8 Å². The fraction of sp³-hybridized carbons (Fsp3) is 0.444. The highest BCUT2D eigenvalue weighted by atomic mass is 16.3. The molecule has 0 fully saturated rings. The highest BCUT2D eigenvalue weighted by Gasteiger charge is 2.07. The minimum Gasteiger partial charge on any atom is -0.508 e. The lowest BCUT2D eigenvalue weighted by Gasteiger charge is -2.09. The van der Waals surface area contributed by atoms with Crippen molar-refractivity contribution in [1.29, 1.82) is 0 Å². The van der Waals surface area contributed by atoms with Crippen molar-refractivity contribution in [2.75, 3.05) is 0 Å². The lowest BCUT2D eigenvalue weighted by atomic mass is 9.98. The molecule has 0 spiro atoms. The highest BCUT2D eigenvalue weighted by molar-refractivity contribution is 5.88. The second-order valence-electron chi connectivity index (χ2n) is 5.49. The Morgan fingerprint density at radius 1 is 0.850 bits per heavy atom. The van der Waals surface area contributed by atoms with E-state index in [4.69, 9.17) is 0 Å². The lowest BCUT2D eigenvalue weighted by Crippen LogP contribution is -1.90. The first-order valence-electron chi connectivity index (χ1n) is 7.66. The molecule has 2 nitrogen and oxygen atoms in total. The molecular weight excluding hydrogens is 248 g/mol. The van der Waals surface area contributed by atoms with Gasteiger partial charge in [-0.15, -0.1) is 0 Å². The van der Waals surface area contributed by atoms with Crippen LogP contribution in [0.3, 0.4) is 0 Å². The summed E-state index contributed by atoms with van der Waals surface area (Å²) in [4.78, 5) is 0. The number of benzene rings is 2. The summed E-state index contributed by atoms with van der Waals surface area (Å²) in [6.45, 7) is 2.23. The molecule has 108 valence electrons. The van der Waals surface area contributed by atoms with E-state index in [1.165, 1.54) is 32.1 Å². The van der Waals surface area contributed by atoms with Gasteiger partial charge in [0.15, 0.2) is 0 Å². The normalized spacial score (nSPS) is 11.1. The van der Waals surface area contributed by atoms with Gasteiger partial charge >= 0.3 is 0 Å². The number of aryl methyl sites for hydroxylation is 1. The first kappa shape index (κ1) is 14.7. The van der Waals surface area contributed by atoms with Crippen LogP contribution in [0.1, 0.15) is 51.0 Å². The molecule has 0 saturated heterocycles. The van der Waals surface area contributed by atoms with E-state index in [9.17, 15) is 10.2 Å². The van der Waals surface area contributed by atoms with Crippen LogP contribution in [0.2, 0.25) is 0 Å². The predicted octanol–water partition coefficient (Wildman–Crippen LogP) is 5.15. The fourth-order valence-corrected chi connectivity index (χ4v) is 2.71. The molecule has 2 rings (SSSR count). The summed E-state index contributed by atoms with van der Waals surface area (Å²) < 4.78 is 0. The molecule has 0 aliphatic rings. The molecule has 0 saturated carbocycles. The lowest BCUT2D eigenvalue weighted by molar-refractivity contribution is 0.466. The van der Waals surface area contributed by atoms with Crippen LogP contribution in [0.4, 0.5) is 0 Å². The Balaban J connectivity index is 2.03. The number of phenols is 2. The van der Waals surface area contributed by atoms with Gasteiger partial charge in [0, 0.05) is 5.56 Å². The summed E-state index contributed by atoms with van der Waals surface area (Å²) in [6, 6.07) is 8.92. The van der Waals surface area contributed by atoms with Crippen molar-refractivity contribution in [2.45, 2.75) is 51.9 Å². The number of aromatic hydroxyl groups is 2. The van der Waals surface area contributed by atoms with Crippen molar-refractivity contribution in [3.8, 4) is 11.5 Å². The molecule has 2 aromatic carbocycles. The molecule has 0 amide bonds. The van der Waals surface area contributed by atoms with Crippen LogP contribution in [-0.4, -0.2) is 10.2 Å². The van der Waals surface area contributed by atoms with Crippen LogP contribution in [0.15, 0.2) is 30.3 Å². The summed E-state index contributed by atoms with van der Waals surface area (Å²) in [7, 11) is 0. The number of phenolic OH excluding ortho intramolecular Hbond substituents is 2. The van der Waals surface area contributed by atoms with E-state index >= 15 is 0 Å². The number of hydrogen-bond acceptors (Lipinski definition) is 2. The number of fused-ring (bicyclic) bond motifs is 1. The molecule has 0 aliphatic heterocycles. The van der Waals surface area contributed by atoms with E-state index in [-0.39, 0.29) is 5.75 Å². The van der Waals surface area contributed by atoms with E-state index in [0.29, 0.717) is 5.75 Å². The maximum Gasteiger partial charge on any atom is 0.119 e. The Kier molecular flexibility index (Phi) is 5.28. The molecule has 2 N–H and O–H groups in total. The van der Waals surface area contributed by atoms with Gasteiger partial charge < -0.3 is 10.2 Å². The van der Waals surface area contributed by atoms with Crippen molar-refractivity contribution in [1.82, 2.24) is 0 Å². The molecule has 0 atom stereocenters. The summed E-state index contributed by atoms with van der Waals surface area (Å²) in [5.41, 5.74) is 1.01. The molecule has 0 bridgehead atoms. The van der Waals surface area contributed by atoms with Crippen molar-refractivity contribution in [3.63, 3.8) is 0 Å². The Morgan fingerprint density at radius 2 is 1.60 bits per heavy atom. The second kappa shape index (κ2) is 7.18. The fourth-order valence-electron chi connectivity index (χ4n) is 2.71. The third-order valence-electron chi connectivity index (χ3n) is 3.87. The van der Waals surface area contributed by atoms with Gasteiger partial charge in [0.1, 0.15) is 11.5 Å². The van der Waals surface area contributed by atoms with Crippen LogP contribution in [-0.2, 0) is 6.42 Å².